The maximum absolute atomic E-state index is 12.3. The summed E-state index contributed by atoms with van der Waals surface area (Å²) in [4.78, 5) is 14.2. The van der Waals surface area contributed by atoms with Crippen molar-refractivity contribution in [1.82, 2.24) is 9.21 Å². The van der Waals surface area contributed by atoms with Crippen LogP contribution in [0, 0.1) is 5.92 Å². The minimum atomic E-state index is -3.31. The van der Waals surface area contributed by atoms with E-state index in [1.165, 1.54) is 10.6 Å². The van der Waals surface area contributed by atoms with Gasteiger partial charge in [0.05, 0.1) is 6.26 Å². The Kier molecular flexibility index (Phi) is 6.80. The number of hydrogen-bond acceptors (Lipinski definition) is 3. The van der Waals surface area contributed by atoms with E-state index in [9.17, 15) is 13.2 Å². The zero-order valence-electron chi connectivity index (χ0n) is 14.6. The van der Waals surface area contributed by atoms with E-state index in [2.05, 4.69) is 6.92 Å². The third-order valence-corrected chi connectivity index (χ3v) is 5.98. The van der Waals surface area contributed by atoms with E-state index in [1.54, 1.807) is 0 Å². The molecular formula is C18H28N2O3S. The first-order valence-electron chi connectivity index (χ1n) is 8.63. The van der Waals surface area contributed by atoms with Crippen molar-refractivity contribution in [2.24, 2.45) is 5.92 Å². The first-order valence-corrected chi connectivity index (χ1v) is 10.5. The molecular weight excluding hydrogens is 324 g/mol. The van der Waals surface area contributed by atoms with Crippen LogP contribution >= 0.6 is 0 Å². The summed E-state index contributed by atoms with van der Waals surface area (Å²) >= 11 is 0. The lowest BCUT2D eigenvalue weighted by molar-refractivity contribution is -0.132. The smallest absolute Gasteiger partial charge is 0.223 e. The highest BCUT2D eigenvalue weighted by Gasteiger charge is 2.23. The summed E-state index contributed by atoms with van der Waals surface area (Å²) in [5.74, 6) is 0.739. The fraction of sp³-hybridized carbons (Fsp3) is 0.611. The first kappa shape index (κ1) is 18.9. The SMILES string of the molecule is CC1CCN(C(=O)CCN(CCc2ccccc2)S(C)(=O)=O)CC1. The lowest BCUT2D eigenvalue weighted by atomic mass is 9.99. The molecule has 1 amide bonds. The minimum absolute atomic E-state index is 0.0651. The Morgan fingerprint density at radius 1 is 1.17 bits per heavy atom. The normalized spacial score (nSPS) is 16.5. The quantitative estimate of drug-likeness (QED) is 0.755. The van der Waals surface area contributed by atoms with E-state index in [4.69, 9.17) is 0 Å². The molecule has 1 aromatic rings. The fourth-order valence-corrected chi connectivity index (χ4v) is 3.82. The number of amides is 1. The van der Waals surface area contributed by atoms with Gasteiger partial charge >= 0.3 is 0 Å². The number of carbonyl (C=O) groups is 1. The number of carbonyl (C=O) groups excluding carboxylic acids is 1. The molecule has 6 heteroatoms. The van der Waals surface area contributed by atoms with Crippen LogP contribution in [0.1, 0.15) is 31.7 Å². The third kappa shape index (κ3) is 5.91. The van der Waals surface area contributed by atoms with Crippen molar-refractivity contribution >= 4 is 15.9 Å². The molecule has 0 unspecified atom stereocenters. The Bertz CT molecular complexity index is 623. The van der Waals surface area contributed by atoms with Crippen molar-refractivity contribution in [2.75, 3.05) is 32.4 Å². The Balaban J connectivity index is 1.86. The summed E-state index contributed by atoms with van der Waals surface area (Å²) in [6, 6.07) is 9.80. The fourth-order valence-electron chi connectivity index (χ4n) is 2.98. The summed E-state index contributed by atoms with van der Waals surface area (Å²) in [5.41, 5.74) is 1.10. The Morgan fingerprint density at radius 3 is 2.38 bits per heavy atom. The predicted molar refractivity (Wildman–Crippen MR) is 96.2 cm³/mol. The summed E-state index contributed by atoms with van der Waals surface area (Å²) in [5, 5.41) is 0. The molecule has 0 radical (unpaired) electrons. The standard InChI is InChI=1S/C18H28N2O3S/c1-16-8-12-19(13-9-16)18(21)11-15-20(24(2,22)23)14-10-17-6-4-3-5-7-17/h3-7,16H,8-15H2,1-2H3. The highest BCUT2D eigenvalue weighted by Crippen LogP contribution is 2.17. The minimum Gasteiger partial charge on any atom is -0.343 e. The van der Waals surface area contributed by atoms with Gasteiger partial charge in [0, 0.05) is 32.6 Å². The lowest BCUT2D eigenvalue weighted by Gasteiger charge is -2.31. The number of benzene rings is 1. The summed E-state index contributed by atoms with van der Waals surface area (Å²) in [6.07, 6.45) is 4.20. The zero-order chi connectivity index (χ0) is 17.6. The van der Waals surface area contributed by atoms with Gasteiger partial charge in [-0.15, -0.1) is 0 Å². The van der Waals surface area contributed by atoms with Crippen LogP contribution in [0.2, 0.25) is 0 Å². The number of rotatable bonds is 7. The molecule has 1 aliphatic heterocycles. The molecule has 0 aromatic heterocycles. The molecule has 1 aromatic carbocycles. The van der Waals surface area contributed by atoms with Crippen LogP contribution in [0.15, 0.2) is 30.3 Å². The Labute approximate surface area is 145 Å². The average Bonchev–Trinajstić information content (AvgIpc) is 2.55. The van der Waals surface area contributed by atoms with E-state index in [-0.39, 0.29) is 18.9 Å². The Morgan fingerprint density at radius 2 is 1.79 bits per heavy atom. The summed E-state index contributed by atoms with van der Waals surface area (Å²) in [6.45, 7) is 4.46. The molecule has 0 saturated carbocycles. The third-order valence-electron chi connectivity index (χ3n) is 4.67. The number of sulfonamides is 1. The molecule has 0 bridgehead atoms. The summed E-state index contributed by atoms with van der Waals surface area (Å²) < 4.78 is 25.4. The molecule has 0 atom stereocenters. The number of likely N-dealkylation sites (tertiary alicyclic amines) is 1. The van der Waals surface area contributed by atoms with Crippen LogP contribution < -0.4 is 0 Å². The van der Waals surface area contributed by atoms with Crippen LogP contribution in [0.5, 0.6) is 0 Å². The van der Waals surface area contributed by atoms with Crippen LogP contribution in [0.3, 0.4) is 0 Å². The zero-order valence-corrected chi connectivity index (χ0v) is 15.5. The van der Waals surface area contributed by atoms with Gasteiger partial charge in [-0.2, -0.15) is 0 Å². The molecule has 1 fully saturated rings. The van der Waals surface area contributed by atoms with Gasteiger partial charge in [0.2, 0.25) is 15.9 Å². The Hall–Kier alpha value is -1.40. The molecule has 0 spiro atoms. The van der Waals surface area contributed by atoms with Crippen LogP contribution in [-0.2, 0) is 21.2 Å². The van der Waals surface area contributed by atoms with Gasteiger partial charge < -0.3 is 4.90 Å². The van der Waals surface area contributed by atoms with Crippen molar-refractivity contribution < 1.29 is 13.2 Å². The topological polar surface area (TPSA) is 57.7 Å². The van der Waals surface area contributed by atoms with Gasteiger partial charge in [-0.05, 0) is 30.7 Å². The van der Waals surface area contributed by atoms with Crippen molar-refractivity contribution in [1.29, 1.82) is 0 Å². The highest BCUT2D eigenvalue weighted by atomic mass is 32.2. The number of piperidine rings is 1. The van der Waals surface area contributed by atoms with E-state index in [0.717, 1.165) is 31.5 Å². The van der Waals surface area contributed by atoms with Gasteiger partial charge in [-0.25, -0.2) is 12.7 Å². The van der Waals surface area contributed by atoms with Gasteiger partial charge in [-0.1, -0.05) is 37.3 Å². The van der Waals surface area contributed by atoms with Crippen molar-refractivity contribution in [3.63, 3.8) is 0 Å². The molecule has 24 heavy (non-hydrogen) atoms. The van der Waals surface area contributed by atoms with Gasteiger partial charge in [0.15, 0.2) is 0 Å². The van der Waals surface area contributed by atoms with Crippen LogP contribution in [0.4, 0.5) is 0 Å². The predicted octanol–water partition coefficient (Wildman–Crippen LogP) is 2.14. The van der Waals surface area contributed by atoms with Crippen LogP contribution in [0.25, 0.3) is 0 Å². The van der Waals surface area contributed by atoms with E-state index >= 15 is 0 Å². The van der Waals surface area contributed by atoms with Crippen molar-refractivity contribution in [3.05, 3.63) is 35.9 Å². The van der Waals surface area contributed by atoms with E-state index < -0.39 is 10.0 Å². The van der Waals surface area contributed by atoms with E-state index in [0.29, 0.717) is 18.9 Å². The molecule has 1 heterocycles. The van der Waals surface area contributed by atoms with E-state index in [1.807, 2.05) is 35.2 Å². The van der Waals surface area contributed by atoms with Gasteiger partial charge in [0.25, 0.3) is 0 Å². The maximum atomic E-state index is 12.3. The highest BCUT2D eigenvalue weighted by molar-refractivity contribution is 7.88. The van der Waals surface area contributed by atoms with Crippen molar-refractivity contribution in [2.45, 2.75) is 32.6 Å². The lowest BCUT2D eigenvalue weighted by Crippen LogP contribution is -2.40. The summed E-state index contributed by atoms with van der Waals surface area (Å²) in [7, 11) is -3.31. The average molecular weight is 353 g/mol. The molecule has 5 nitrogen and oxygen atoms in total. The molecule has 1 saturated heterocycles. The first-order chi connectivity index (χ1) is 11.4. The molecule has 0 aliphatic carbocycles. The molecule has 134 valence electrons. The number of nitrogens with zero attached hydrogens (tertiary/aromatic N) is 2. The van der Waals surface area contributed by atoms with Gasteiger partial charge in [-0.3, -0.25) is 4.79 Å². The second kappa shape index (κ2) is 8.62. The van der Waals surface area contributed by atoms with Crippen molar-refractivity contribution in [3.8, 4) is 0 Å². The number of hydrogen-bond donors (Lipinski definition) is 0. The molecule has 0 N–H and O–H groups in total. The largest absolute Gasteiger partial charge is 0.343 e. The van der Waals surface area contributed by atoms with Gasteiger partial charge in [0.1, 0.15) is 0 Å². The second-order valence-corrected chi connectivity index (χ2v) is 8.69. The molecule has 2 rings (SSSR count). The molecule has 1 aliphatic rings. The maximum Gasteiger partial charge on any atom is 0.223 e. The van der Waals surface area contributed by atoms with Crippen LogP contribution in [-0.4, -0.2) is 56.0 Å². The monoisotopic (exact) mass is 352 g/mol. The second-order valence-electron chi connectivity index (χ2n) is 6.71.